The molecule has 22 heavy (non-hydrogen) atoms. The van der Waals surface area contributed by atoms with E-state index in [0.717, 1.165) is 28.2 Å². The van der Waals surface area contributed by atoms with Crippen LogP contribution in [0.1, 0.15) is 18.4 Å². The van der Waals surface area contributed by atoms with E-state index in [9.17, 15) is 0 Å². The maximum atomic E-state index is 5.47. The van der Waals surface area contributed by atoms with E-state index in [1.165, 1.54) is 5.56 Å². The molecule has 0 atom stereocenters. The summed E-state index contributed by atoms with van der Waals surface area (Å²) >= 11 is 7.09. The second-order valence-electron chi connectivity index (χ2n) is 5.51. The SMILES string of the molecule is S=C(Nc1nc2ccccc2s1)NC1(c2ccccc2)CC1. The molecule has 0 spiro atoms. The van der Waals surface area contributed by atoms with E-state index in [1.807, 2.05) is 24.3 Å². The van der Waals surface area contributed by atoms with E-state index in [1.54, 1.807) is 11.3 Å². The van der Waals surface area contributed by atoms with Crippen LogP contribution in [0.4, 0.5) is 5.13 Å². The highest BCUT2D eigenvalue weighted by molar-refractivity contribution is 7.80. The van der Waals surface area contributed by atoms with E-state index < -0.39 is 0 Å². The van der Waals surface area contributed by atoms with Crippen LogP contribution in [-0.2, 0) is 5.54 Å². The summed E-state index contributed by atoms with van der Waals surface area (Å²) in [6, 6.07) is 18.6. The summed E-state index contributed by atoms with van der Waals surface area (Å²) in [6.07, 6.45) is 2.22. The van der Waals surface area contributed by atoms with E-state index in [0.29, 0.717) is 5.11 Å². The lowest BCUT2D eigenvalue weighted by Crippen LogP contribution is -2.37. The molecule has 1 fully saturated rings. The normalized spacial score (nSPS) is 15.5. The molecule has 110 valence electrons. The molecule has 3 aromatic rings. The molecule has 1 aliphatic rings. The van der Waals surface area contributed by atoms with Crippen molar-refractivity contribution >= 4 is 44.0 Å². The summed E-state index contributed by atoms with van der Waals surface area (Å²) in [5.74, 6) is 0. The standard InChI is InChI=1S/C17H15N3S2/c21-15(19-16-18-13-8-4-5-9-14(13)22-16)20-17(10-11-17)12-6-2-1-3-7-12/h1-9H,10-11H2,(H2,18,19,20,21). The van der Waals surface area contributed by atoms with Gasteiger partial charge in [-0.1, -0.05) is 53.8 Å². The Morgan fingerprint density at radius 2 is 1.77 bits per heavy atom. The Hall–Kier alpha value is -1.98. The maximum Gasteiger partial charge on any atom is 0.190 e. The fourth-order valence-corrected chi connectivity index (χ4v) is 3.87. The lowest BCUT2D eigenvalue weighted by atomic mass is 10.1. The van der Waals surface area contributed by atoms with Gasteiger partial charge in [-0.15, -0.1) is 0 Å². The number of thiocarbonyl (C=S) groups is 1. The molecule has 1 heterocycles. The predicted molar refractivity (Wildman–Crippen MR) is 96.3 cm³/mol. The van der Waals surface area contributed by atoms with Crippen LogP contribution < -0.4 is 10.6 Å². The first-order chi connectivity index (χ1) is 10.8. The number of anilines is 1. The van der Waals surface area contributed by atoms with Crippen molar-refractivity contribution in [1.29, 1.82) is 0 Å². The van der Waals surface area contributed by atoms with Crippen LogP contribution in [-0.4, -0.2) is 10.1 Å². The maximum absolute atomic E-state index is 5.47. The Morgan fingerprint density at radius 1 is 1.05 bits per heavy atom. The topological polar surface area (TPSA) is 37.0 Å². The van der Waals surface area contributed by atoms with Crippen molar-refractivity contribution in [2.75, 3.05) is 5.32 Å². The van der Waals surface area contributed by atoms with Gasteiger partial charge >= 0.3 is 0 Å². The third-order valence-electron chi connectivity index (χ3n) is 3.94. The van der Waals surface area contributed by atoms with Crippen molar-refractivity contribution in [2.45, 2.75) is 18.4 Å². The fourth-order valence-electron chi connectivity index (χ4n) is 2.64. The van der Waals surface area contributed by atoms with Gasteiger partial charge in [0, 0.05) is 0 Å². The van der Waals surface area contributed by atoms with Gasteiger partial charge in [0.05, 0.1) is 15.8 Å². The number of aromatic nitrogens is 1. The first kappa shape index (κ1) is 13.7. The number of para-hydroxylation sites is 1. The molecule has 0 amide bonds. The van der Waals surface area contributed by atoms with Gasteiger partial charge in [-0.3, -0.25) is 0 Å². The second kappa shape index (κ2) is 5.34. The van der Waals surface area contributed by atoms with Crippen molar-refractivity contribution < 1.29 is 0 Å². The lowest BCUT2D eigenvalue weighted by molar-refractivity contribution is 0.649. The summed E-state index contributed by atoms with van der Waals surface area (Å²) in [4.78, 5) is 4.56. The molecular formula is C17H15N3S2. The molecule has 0 radical (unpaired) electrons. The molecule has 3 nitrogen and oxygen atoms in total. The zero-order chi connectivity index (χ0) is 15.0. The Bertz CT molecular complexity index is 789. The molecule has 4 rings (SSSR count). The summed E-state index contributed by atoms with van der Waals surface area (Å²) in [5, 5.41) is 8.16. The van der Waals surface area contributed by atoms with Gasteiger partial charge in [-0.2, -0.15) is 0 Å². The van der Waals surface area contributed by atoms with Gasteiger partial charge in [-0.05, 0) is 42.8 Å². The second-order valence-corrected chi connectivity index (χ2v) is 6.95. The number of nitrogens with zero attached hydrogens (tertiary/aromatic N) is 1. The van der Waals surface area contributed by atoms with Gasteiger partial charge in [0.25, 0.3) is 0 Å². The molecule has 1 aliphatic carbocycles. The van der Waals surface area contributed by atoms with Crippen LogP contribution in [0.3, 0.4) is 0 Å². The molecular weight excluding hydrogens is 310 g/mol. The van der Waals surface area contributed by atoms with E-state index in [-0.39, 0.29) is 5.54 Å². The molecule has 5 heteroatoms. The molecule has 0 aliphatic heterocycles. The molecule has 0 unspecified atom stereocenters. The molecule has 2 aromatic carbocycles. The fraction of sp³-hybridized carbons (Fsp3) is 0.176. The summed E-state index contributed by atoms with van der Waals surface area (Å²) in [7, 11) is 0. The Balaban J connectivity index is 1.49. The first-order valence-electron chi connectivity index (χ1n) is 7.25. The van der Waals surface area contributed by atoms with E-state index >= 15 is 0 Å². The van der Waals surface area contributed by atoms with Gasteiger partial charge in [0.1, 0.15) is 0 Å². The van der Waals surface area contributed by atoms with E-state index in [2.05, 4.69) is 45.9 Å². The van der Waals surface area contributed by atoms with Crippen molar-refractivity contribution in [3.05, 3.63) is 60.2 Å². The number of hydrogen-bond donors (Lipinski definition) is 2. The monoisotopic (exact) mass is 325 g/mol. The summed E-state index contributed by atoms with van der Waals surface area (Å²) in [5.41, 5.74) is 2.30. The number of fused-ring (bicyclic) bond motifs is 1. The number of thiazole rings is 1. The quantitative estimate of drug-likeness (QED) is 0.705. The zero-order valence-electron chi connectivity index (χ0n) is 11.9. The number of hydrogen-bond acceptors (Lipinski definition) is 3. The largest absolute Gasteiger partial charge is 0.353 e. The first-order valence-corrected chi connectivity index (χ1v) is 8.48. The van der Waals surface area contributed by atoms with Crippen molar-refractivity contribution in [2.24, 2.45) is 0 Å². The number of rotatable bonds is 3. The van der Waals surface area contributed by atoms with Gasteiger partial charge in [0.2, 0.25) is 0 Å². The molecule has 1 saturated carbocycles. The highest BCUT2D eigenvalue weighted by atomic mass is 32.1. The molecule has 0 bridgehead atoms. The summed E-state index contributed by atoms with van der Waals surface area (Å²) < 4.78 is 1.16. The van der Waals surface area contributed by atoms with Gasteiger partial charge in [0.15, 0.2) is 10.2 Å². The zero-order valence-corrected chi connectivity index (χ0v) is 13.5. The Morgan fingerprint density at radius 3 is 2.50 bits per heavy atom. The highest BCUT2D eigenvalue weighted by Gasteiger charge is 2.44. The van der Waals surface area contributed by atoms with Gasteiger partial charge < -0.3 is 10.6 Å². The van der Waals surface area contributed by atoms with Crippen LogP contribution in [0, 0.1) is 0 Å². The van der Waals surface area contributed by atoms with Crippen LogP contribution in [0.25, 0.3) is 10.2 Å². The van der Waals surface area contributed by atoms with Crippen LogP contribution in [0.15, 0.2) is 54.6 Å². The third-order valence-corrected chi connectivity index (χ3v) is 5.10. The average Bonchev–Trinajstić information content (AvgIpc) is 3.19. The van der Waals surface area contributed by atoms with Crippen molar-refractivity contribution in [3.63, 3.8) is 0 Å². The minimum Gasteiger partial charge on any atom is -0.353 e. The van der Waals surface area contributed by atoms with Crippen LogP contribution in [0.2, 0.25) is 0 Å². The predicted octanol–water partition coefficient (Wildman–Crippen LogP) is 4.27. The number of nitrogens with one attached hydrogen (secondary N) is 2. The Labute approximate surface area is 138 Å². The summed E-state index contributed by atoms with van der Waals surface area (Å²) in [6.45, 7) is 0. The van der Waals surface area contributed by atoms with Gasteiger partial charge in [-0.25, -0.2) is 4.98 Å². The van der Waals surface area contributed by atoms with Crippen LogP contribution >= 0.6 is 23.6 Å². The van der Waals surface area contributed by atoms with Crippen molar-refractivity contribution in [3.8, 4) is 0 Å². The third kappa shape index (κ3) is 2.58. The van der Waals surface area contributed by atoms with Crippen molar-refractivity contribution in [1.82, 2.24) is 10.3 Å². The molecule has 2 N–H and O–H groups in total. The minimum absolute atomic E-state index is 0.00201. The smallest absolute Gasteiger partial charge is 0.190 e. The lowest BCUT2D eigenvalue weighted by Gasteiger charge is -2.19. The minimum atomic E-state index is 0.00201. The molecule has 1 aromatic heterocycles. The molecule has 0 saturated heterocycles. The Kier molecular flexibility index (Phi) is 3.32. The average molecular weight is 325 g/mol. The van der Waals surface area contributed by atoms with Crippen LogP contribution in [0.5, 0.6) is 0 Å². The van der Waals surface area contributed by atoms with E-state index in [4.69, 9.17) is 12.2 Å². The number of benzene rings is 2. The highest BCUT2D eigenvalue weighted by Crippen LogP contribution is 2.45.